The number of hydrogen-bond donors (Lipinski definition) is 0. The Bertz CT molecular complexity index is 76.4. The molecule has 0 spiro atoms. The van der Waals surface area contributed by atoms with Gasteiger partial charge < -0.3 is 25.3 Å². The smallest absolute Gasteiger partial charge is 0.0870 e. The summed E-state index contributed by atoms with van der Waals surface area (Å²) in [5, 5.41) is 17.9. The number of carbonyl (C=O) groups excluding carboxylic acids is 2. The van der Waals surface area contributed by atoms with Crippen LogP contribution in [-0.2, 0) is 26.7 Å². The van der Waals surface area contributed by atoms with E-state index in [1.54, 1.807) is 0 Å². The largest absolute Gasteiger partial charge is 0.543 e. The zero-order chi connectivity index (χ0) is 5.15. The quantitative estimate of drug-likeness (QED) is 0.270. The SMILES string of the molecule is O.O=C([O-])C(=O)[O-].[Cu]. The molecule has 0 aromatic carbocycles. The Morgan fingerprint density at radius 3 is 1.12 bits per heavy atom. The van der Waals surface area contributed by atoms with Gasteiger partial charge in [0.1, 0.15) is 0 Å². The maximum atomic E-state index is 8.93. The van der Waals surface area contributed by atoms with E-state index in [1.807, 2.05) is 0 Å². The first kappa shape index (κ1) is 15.7. The minimum Gasteiger partial charge on any atom is -0.543 e. The van der Waals surface area contributed by atoms with Gasteiger partial charge in [0.15, 0.2) is 0 Å². The van der Waals surface area contributed by atoms with Crippen LogP contribution in [-0.4, -0.2) is 17.4 Å². The summed E-state index contributed by atoms with van der Waals surface area (Å²) in [6.07, 6.45) is 0. The minimum atomic E-state index is -2.19. The first-order chi connectivity index (χ1) is 2.64. The van der Waals surface area contributed by atoms with Crippen LogP contribution in [0.1, 0.15) is 0 Å². The van der Waals surface area contributed by atoms with Crippen molar-refractivity contribution in [3.63, 3.8) is 0 Å². The van der Waals surface area contributed by atoms with Crippen molar-refractivity contribution in [3.8, 4) is 0 Å². The molecule has 0 saturated carbocycles. The molecule has 53 valence electrons. The van der Waals surface area contributed by atoms with Crippen molar-refractivity contribution in [2.45, 2.75) is 0 Å². The number of carbonyl (C=O) groups is 2. The average Bonchev–Trinajstić information content (AvgIpc) is 1.36. The van der Waals surface area contributed by atoms with Gasteiger partial charge in [-0.1, -0.05) is 0 Å². The van der Waals surface area contributed by atoms with Crippen LogP contribution in [0.2, 0.25) is 0 Å². The van der Waals surface area contributed by atoms with E-state index in [2.05, 4.69) is 0 Å². The van der Waals surface area contributed by atoms with Gasteiger partial charge in [-0.3, -0.25) is 0 Å². The standard InChI is InChI=1S/C2H2O4.Cu.H2O/c3-1(4)2(5)6;;/h(H,3,4)(H,5,6);;1H2/p-2. The van der Waals surface area contributed by atoms with E-state index < -0.39 is 11.9 Å². The van der Waals surface area contributed by atoms with Crippen LogP contribution in [0, 0.1) is 0 Å². The van der Waals surface area contributed by atoms with Crippen molar-refractivity contribution in [2.75, 3.05) is 0 Å². The second-order valence-electron chi connectivity index (χ2n) is 0.575. The number of rotatable bonds is 0. The van der Waals surface area contributed by atoms with Gasteiger partial charge in [-0.15, -0.1) is 0 Å². The van der Waals surface area contributed by atoms with Gasteiger partial charge in [0.25, 0.3) is 0 Å². The van der Waals surface area contributed by atoms with Crippen LogP contribution < -0.4 is 10.2 Å². The summed E-state index contributed by atoms with van der Waals surface area (Å²) >= 11 is 0. The fraction of sp³-hybridized carbons (Fsp3) is 0. The summed E-state index contributed by atoms with van der Waals surface area (Å²) < 4.78 is 0. The Kier molecular flexibility index (Phi) is 12.6. The molecule has 0 amide bonds. The van der Waals surface area contributed by atoms with Crippen molar-refractivity contribution in [1.82, 2.24) is 0 Å². The van der Waals surface area contributed by atoms with Crippen molar-refractivity contribution in [2.24, 2.45) is 0 Å². The normalized spacial score (nSPS) is 5.50. The van der Waals surface area contributed by atoms with Crippen LogP contribution in [0.4, 0.5) is 0 Å². The van der Waals surface area contributed by atoms with E-state index in [0.29, 0.717) is 0 Å². The molecule has 0 aliphatic carbocycles. The first-order valence-corrected chi connectivity index (χ1v) is 1.07. The number of hydrogen-bond acceptors (Lipinski definition) is 4. The van der Waals surface area contributed by atoms with E-state index in [9.17, 15) is 0 Å². The van der Waals surface area contributed by atoms with Gasteiger partial charge in [-0.2, -0.15) is 0 Å². The predicted octanol–water partition coefficient (Wildman–Crippen LogP) is -4.34. The van der Waals surface area contributed by atoms with E-state index in [1.165, 1.54) is 0 Å². The minimum absolute atomic E-state index is 0. The molecule has 0 aliphatic rings. The second-order valence-corrected chi connectivity index (χ2v) is 0.575. The maximum Gasteiger partial charge on any atom is 0.0870 e. The molecule has 0 rings (SSSR count). The Morgan fingerprint density at radius 1 is 1.00 bits per heavy atom. The van der Waals surface area contributed by atoms with E-state index >= 15 is 0 Å². The molecule has 8 heavy (non-hydrogen) atoms. The summed E-state index contributed by atoms with van der Waals surface area (Å²) in [6.45, 7) is 0. The van der Waals surface area contributed by atoms with E-state index in [0.717, 1.165) is 0 Å². The van der Waals surface area contributed by atoms with Crippen molar-refractivity contribution >= 4 is 11.9 Å². The molecule has 2 N–H and O–H groups in total. The molecule has 0 heterocycles. The summed E-state index contributed by atoms with van der Waals surface area (Å²) in [6, 6.07) is 0. The molecular formula is C2H2CuO5-2. The fourth-order valence-electron chi connectivity index (χ4n) is 0. The zero-order valence-electron chi connectivity index (χ0n) is 3.43. The summed E-state index contributed by atoms with van der Waals surface area (Å²) in [4.78, 5) is 17.9. The third-order valence-corrected chi connectivity index (χ3v) is 0.167. The molecular weight excluding hydrogens is 168 g/mol. The number of carboxylic acids is 2. The van der Waals surface area contributed by atoms with Crippen LogP contribution >= 0.6 is 0 Å². The molecule has 1 radical (unpaired) electrons. The predicted molar refractivity (Wildman–Crippen MR) is 13.6 cm³/mol. The molecule has 0 unspecified atom stereocenters. The molecule has 0 bridgehead atoms. The van der Waals surface area contributed by atoms with Gasteiger partial charge in [-0.05, 0) is 0 Å². The van der Waals surface area contributed by atoms with Crippen LogP contribution in [0.25, 0.3) is 0 Å². The van der Waals surface area contributed by atoms with Crippen molar-refractivity contribution in [3.05, 3.63) is 0 Å². The van der Waals surface area contributed by atoms with Crippen LogP contribution in [0.15, 0.2) is 0 Å². The molecule has 0 atom stereocenters. The van der Waals surface area contributed by atoms with E-state index in [4.69, 9.17) is 19.8 Å². The van der Waals surface area contributed by atoms with Gasteiger partial charge >= 0.3 is 0 Å². The first-order valence-electron chi connectivity index (χ1n) is 1.07. The number of aliphatic carboxylic acids is 2. The van der Waals surface area contributed by atoms with Gasteiger partial charge in [0.05, 0.1) is 11.9 Å². The monoisotopic (exact) mass is 169 g/mol. The Labute approximate surface area is 55.1 Å². The third-order valence-electron chi connectivity index (χ3n) is 0.167. The Morgan fingerprint density at radius 2 is 1.12 bits per heavy atom. The fourth-order valence-corrected chi connectivity index (χ4v) is 0. The molecule has 0 saturated heterocycles. The molecule has 0 aromatic heterocycles. The molecule has 0 aliphatic heterocycles. The zero-order valence-corrected chi connectivity index (χ0v) is 4.38. The Balaban J connectivity index is -0.000000125. The van der Waals surface area contributed by atoms with Crippen LogP contribution in [0.3, 0.4) is 0 Å². The van der Waals surface area contributed by atoms with Gasteiger partial charge in [0.2, 0.25) is 0 Å². The number of carboxylic acid groups (broad SMARTS) is 2. The average molecular weight is 170 g/mol. The summed E-state index contributed by atoms with van der Waals surface area (Å²) in [7, 11) is 0. The molecule has 0 fully saturated rings. The summed E-state index contributed by atoms with van der Waals surface area (Å²) in [5.41, 5.74) is 0. The summed E-state index contributed by atoms with van der Waals surface area (Å²) in [5.74, 6) is -4.37. The van der Waals surface area contributed by atoms with Crippen LogP contribution in [0.5, 0.6) is 0 Å². The third kappa shape index (κ3) is 9.05. The van der Waals surface area contributed by atoms with Crippen molar-refractivity contribution < 1.29 is 42.3 Å². The van der Waals surface area contributed by atoms with E-state index in [-0.39, 0.29) is 22.5 Å². The molecule has 6 heteroatoms. The maximum absolute atomic E-state index is 8.93. The molecule has 5 nitrogen and oxygen atoms in total. The Hall–Kier alpha value is -0.581. The van der Waals surface area contributed by atoms with Gasteiger partial charge in [0, 0.05) is 17.1 Å². The second kappa shape index (κ2) is 6.42. The van der Waals surface area contributed by atoms with Gasteiger partial charge in [-0.25, -0.2) is 0 Å². The van der Waals surface area contributed by atoms with Crippen molar-refractivity contribution in [1.29, 1.82) is 0 Å². The topological polar surface area (TPSA) is 112 Å². The molecule has 0 aromatic rings.